The van der Waals surface area contributed by atoms with Crippen molar-refractivity contribution in [2.75, 3.05) is 50.8 Å². The molecule has 5 rings (SSSR count). The zero-order chi connectivity index (χ0) is 21.9. The van der Waals surface area contributed by atoms with Crippen LogP contribution in [0.15, 0.2) is 42.9 Å². The van der Waals surface area contributed by atoms with Crippen LogP contribution >= 0.6 is 0 Å². The van der Waals surface area contributed by atoms with Crippen LogP contribution < -0.4 is 10.2 Å². The van der Waals surface area contributed by atoms with Gasteiger partial charge in [0.1, 0.15) is 0 Å². The molecular weight excluding hydrogens is 404 g/mol. The summed E-state index contributed by atoms with van der Waals surface area (Å²) in [6.45, 7) is 7.23. The molecule has 1 amide bonds. The molecule has 8 nitrogen and oxygen atoms in total. The van der Waals surface area contributed by atoms with Crippen molar-refractivity contribution in [1.82, 2.24) is 24.8 Å². The Morgan fingerprint density at radius 2 is 2.09 bits per heavy atom. The van der Waals surface area contributed by atoms with Crippen LogP contribution in [0.25, 0.3) is 16.8 Å². The predicted molar refractivity (Wildman–Crippen MR) is 124 cm³/mol. The maximum atomic E-state index is 12.0. The summed E-state index contributed by atoms with van der Waals surface area (Å²) in [6, 6.07) is 8.54. The van der Waals surface area contributed by atoms with Crippen LogP contribution in [0.4, 0.5) is 10.5 Å². The van der Waals surface area contributed by atoms with Gasteiger partial charge in [0.15, 0.2) is 0 Å². The highest BCUT2D eigenvalue weighted by Crippen LogP contribution is 2.29. The van der Waals surface area contributed by atoms with E-state index in [9.17, 15) is 4.79 Å². The standard InChI is InChI=1S/C24H30N6O2/c1-2-32-24(31)29-12-10-28(11-13-29)22-7-9-27-30-17-20(14-23(22)30)21-6-5-19(16-26-21)18-4-3-8-25-15-18/h5-7,9,14,16-18,25H,2-4,8,10-13,15H2,1H3/t18-/m1/s1. The summed E-state index contributed by atoms with van der Waals surface area (Å²) in [5.41, 5.74) is 5.50. The Bertz CT molecular complexity index is 1070. The van der Waals surface area contributed by atoms with Crippen molar-refractivity contribution < 1.29 is 9.53 Å². The van der Waals surface area contributed by atoms with E-state index in [1.807, 2.05) is 36.1 Å². The first-order chi connectivity index (χ1) is 15.7. The van der Waals surface area contributed by atoms with Crippen molar-refractivity contribution in [2.24, 2.45) is 0 Å². The molecule has 3 aromatic rings. The van der Waals surface area contributed by atoms with Gasteiger partial charge in [0.25, 0.3) is 0 Å². The molecule has 2 aliphatic heterocycles. The highest BCUT2D eigenvalue weighted by molar-refractivity contribution is 5.79. The van der Waals surface area contributed by atoms with Gasteiger partial charge in [-0.1, -0.05) is 6.07 Å². The number of hydrogen-bond donors (Lipinski definition) is 1. The molecule has 0 aromatic carbocycles. The lowest BCUT2D eigenvalue weighted by Gasteiger charge is -2.35. The molecule has 3 aromatic heterocycles. The van der Waals surface area contributed by atoms with Crippen LogP contribution in [0.2, 0.25) is 0 Å². The van der Waals surface area contributed by atoms with Crippen molar-refractivity contribution in [3.63, 3.8) is 0 Å². The first-order valence-corrected chi connectivity index (χ1v) is 11.5. The average Bonchev–Trinajstić information content (AvgIpc) is 3.30. The first kappa shape index (κ1) is 20.8. The summed E-state index contributed by atoms with van der Waals surface area (Å²) >= 11 is 0. The monoisotopic (exact) mass is 434 g/mol. The fourth-order valence-corrected chi connectivity index (χ4v) is 4.71. The number of amides is 1. The quantitative estimate of drug-likeness (QED) is 0.680. The Morgan fingerprint density at radius 1 is 1.22 bits per heavy atom. The van der Waals surface area contributed by atoms with Gasteiger partial charge >= 0.3 is 6.09 Å². The lowest BCUT2D eigenvalue weighted by molar-refractivity contribution is 0.105. The molecule has 0 bridgehead atoms. The second kappa shape index (κ2) is 9.16. The molecule has 168 valence electrons. The van der Waals surface area contributed by atoms with E-state index in [-0.39, 0.29) is 6.09 Å². The van der Waals surface area contributed by atoms with Gasteiger partial charge in [0, 0.05) is 56.9 Å². The number of carbonyl (C=O) groups excluding carboxylic acids is 1. The Balaban J connectivity index is 1.34. The average molecular weight is 435 g/mol. The van der Waals surface area contributed by atoms with Crippen LogP contribution in [-0.2, 0) is 4.74 Å². The third kappa shape index (κ3) is 4.14. The molecule has 0 spiro atoms. The Kier molecular flexibility index (Phi) is 5.94. The number of aromatic nitrogens is 3. The highest BCUT2D eigenvalue weighted by Gasteiger charge is 2.23. The predicted octanol–water partition coefficient (Wildman–Crippen LogP) is 3.14. The number of hydrogen-bond acceptors (Lipinski definition) is 6. The zero-order valence-corrected chi connectivity index (χ0v) is 18.5. The minimum absolute atomic E-state index is 0.226. The summed E-state index contributed by atoms with van der Waals surface area (Å²) < 4.78 is 7.06. The molecule has 8 heteroatoms. The summed E-state index contributed by atoms with van der Waals surface area (Å²) in [5, 5.41) is 7.99. The van der Waals surface area contributed by atoms with E-state index in [0.29, 0.717) is 25.6 Å². The van der Waals surface area contributed by atoms with E-state index in [2.05, 4.69) is 33.5 Å². The molecule has 32 heavy (non-hydrogen) atoms. The van der Waals surface area contributed by atoms with Crippen molar-refractivity contribution in [2.45, 2.75) is 25.7 Å². The van der Waals surface area contributed by atoms with Gasteiger partial charge in [-0.05, 0) is 56.0 Å². The van der Waals surface area contributed by atoms with E-state index < -0.39 is 0 Å². The van der Waals surface area contributed by atoms with Crippen LogP contribution in [0, 0.1) is 0 Å². The lowest BCUT2D eigenvalue weighted by Crippen LogP contribution is -2.49. The molecule has 2 saturated heterocycles. The third-order valence-corrected chi connectivity index (χ3v) is 6.48. The molecule has 2 aliphatic rings. The molecular formula is C24H30N6O2. The van der Waals surface area contributed by atoms with Crippen molar-refractivity contribution in [3.8, 4) is 11.3 Å². The highest BCUT2D eigenvalue weighted by atomic mass is 16.6. The van der Waals surface area contributed by atoms with E-state index in [1.165, 1.54) is 18.4 Å². The number of piperazine rings is 1. The van der Waals surface area contributed by atoms with E-state index >= 15 is 0 Å². The maximum Gasteiger partial charge on any atom is 0.409 e. The van der Waals surface area contributed by atoms with Gasteiger partial charge in [-0.25, -0.2) is 9.31 Å². The number of carbonyl (C=O) groups is 1. The fourth-order valence-electron chi connectivity index (χ4n) is 4.71. The SMILES string of the molecule is CCOC(=O)N1CCN(c2ccnn3cc(-c4ccc([C@@H]5CCCNC5)cn4)cc23)CC1. The number of rotatable bonds is 4. The van der Waals surface area contributed by atoms with E-state index in [0.717, 1.165) is 48.6 Å². The van der Waals surface area contributed by atoms with Gasteiger partial charge in [0.05, 0.1) is 23.5 Å². The number of nitrogens with one attached hydrogen (secondary N) is 1. The second-order valence-corrected chi connectivity index (χ2v) is 8.47. The molecule has 1 N–H and O–H groups in total. The van der Waals surface area contributed by atoms with Gasteiger partial charge in [-0.3, -0.25) is 4.98 Å². The summed E-state index contributed by atoms with van der Waals surface area (Å²) in [5.74, 6) is 0.556. The molecule has 0 unspecified atom stereocenters. The number of pyridine rings is 1. The van der Waals surface area contributed by atoms with Crippen LogP contribution in [0.5, 0.6) is 0 Å². The minimum atomic E-state index is -0.226. The molecule has 0 radical (unpaired) electrons. The second-order valence-electron chi connectivity index (χ2n) is 8.47. The Morgan fingerprint density at radius 3 is 2.81 bits per heavy atom. The number of nitrogens with zero attached hydrogens (tertiary/aromatic N) is 5. The lowest BCUT2D eigenvalue weighted by atomic mass is 9.92. The summed E-state index contributed by atoms with van der Waals surface area (Å²) in [6.07, 6.45) is 8.11. The molecule has 2 fully saturated rings. The number of anilines is 1. The number of ether oxygens (including phenoxy) is 1. The summed E-state index contributed by atoms with van der Waals surface area (Å²) in [4.78, 5) is 20.8. The third-order valence-electron chi connectivity index (χ3n) is 6.48. The van der Waals surface area contributed by atoms with E-state index in [4.69, 9.17) is 9.72 Å². The van der Waals surface area contributed by atoms with Gasteiger partial charge < -0.3 is 19.9 Å². The van der Waals surface area contributed by atoms with Crippen LogP contribution in [0.1, 0.15) is 31.2 Å². The molecule has 0 saturated carbocycles. The normalized spacial score (nSPS) is 19.3. The minimum Gasteiger partial charge on any atom is -0.450 e. The fraction of sp³-hybridized carbons (Fsp3) is 0.458. The van der Waals surface area contributed by atoms with Crippen LogP contribution in [-0.4, -0.2) is 71.5 Å². The molecule has 5 heterocycles. The largest absolute Gasteiger partial charge is 0.450 e. The molecule has 0 aliphatic carbocycles. The topological polar surface area (TPSA) is 75.0 Å². The number of fused-ring (bicyclic) bond motifs is 1. The molecule has 1 atom stereocenters. The maximum absolute atomic E-state index is 12.0. The van der Waals surface area contributed by atoms with Crippen LogP contribution in [0.3, 0.4) is 0 Å². The van der Waals surface area contributed by atoms with E-state index in [1.54, 1.807) is 4.90 Å². The van der Waals surface area contributed by atoms with Gasteiger partial charge in [0.2, 0.25) is 0 Å². The van der Waals surface area contributed by atoms with Crippen molar-refractivity contribution in [1.29, 1.82) is 0 Å². The smallest absolute Gasteiger partial charge is 0.409 e. The first-order valence-electron chi connectivity index (χ1n) is 11.5. The zero-order valence-electron chi connectivity index (χ0n) is 18.5. The van der Waals surface area contributed by atoms with Gasteiger partial charge in [-0.15, -0.1) is 0 Å². The van der Waals surface area contributed by atoms with Gasteiger partial charge in [-0.2, -0.15) is 5.10 Å². The Labute approximate surface area is 188 Å². The number of piperidine rings is 1. The van der Waals surface area contributed by atoms with Crippen molar-refractivity contribution in [3.05, 3.63) is 48.4 Å². The summed E-state index contributed by atoms with van der Waals surface area (Å²) in [7, 11) is 0. The van der Waals surface area contributed by atoms with Crippen molar-refractivity contribution >= 4 is 17.3 Å². The Hall–Kier alpha value is -3.13.